The van der Waals surface area contributed by atoms with Gasteiger partial charge in [0.2, 0.25) is 5.91 Å². The molecule has 5 nitrogen and oxygen atoms in total. The van der Waals surface area contributed by atoms with Crippen LogP contribution < -0.4 is 5.32 Å². The van der Waals surface area contributed by atoms with E-state index in [1.54, 1.807) is 12.1 Å². The van der Waals surface area contributed by atoms with Gasteiger partial charge in [-0.1, -0.05) is 30.3 Å². The molecule has 0 aliphatic carbocycles. The van der Waals surface area contributed by atoms with Crippen LogP contribution in [0.2, 0.25) is 0 Å². The predicted octanol–water partition coefficient (Wildman–Crippen LogP) is 3.72. The number of aromatic nitrogens is 1. The van der Waals surface area contributed by atoms with Gasteiger partial charge in [-0.15, -0.1) is 0 Å². The van der Waals surface area contributed by atoms with Crippen molar-refractivity contribution in [1.82, 2.24) is 14.8 Å². The molecular weight excluding hydrogens is 379 g/mol. The van der Waals surface area contributed by atoms with Gasteiger partial charge in [-0.05, 0) is 47.5 Å². The number of nitrogens with one attached hydrogen (secondary N) is 1. The first-order valence-corrected chi connectivity index (χ1v) is 10.2. The molecule has 1 aromatic heterocycles. The summed E-state index contributed by atoms with van der Waals surface area (Å²) in [5.41, 5.74) is 2.80. The number of carbonyl (C=O) groups excluding carboxylic acids is 1. The summed E-state index contributed by atoms with van der Waals surface area (Å²) in [6.07, 6.45) is 3.63. The largest absolute Gasteiger partial charge is 0.324 e. The van der Waals surface area contributed by atoms with Crippen molar-refractivity contribution in [2.45, 2.75) is 12.6 Å². The van der Waals surface area contributed by atoms with Gasteiger partial charge in [0, 0.05) is 50.8 Å². The first kappa shape index (κ1) is 20.2. The van der Waals surface area contributed by atoms with E-state index >= 15 is 0 Å². The summed E-state index contributed by atoms with van der Waals surface area (Å²) in [7, 11) is 0. The molecule has 1 saturated heterocycles. The molecule has 0 radical (unpaired) electrons. The number of nitrogens with zero attached hydrogens (tertiary/aromatic N) is 3. The van der Waals surface area contributed by atoms with Gasteiger partial charge in [-0.3, -0.25) is 19.6 Å². The average Bonchev–Trinajstić information content (AvgIpc) is 2.78. The molecule has 30 heavy (non-hydrogen) atoms. The van der Waals surface area contributed by atoms with Gasteiger partial charge in [0.25, 0.3) is 0 Å². The predicted molar refractivity (Wildman–Crippen MR) is 115 cm³/mol. The Hall–Kier alpha value is -3.09. The van der Waals surface area contributed by atoms with E-state index in [1.165, 1.54) is 17.7 Å². The number of anilines is 1. The van der Waals surface area contributed by atoms with Gasteiger partial charge in [0.1, 0.15) is 11.9 Å². The number of hydrogen-bond donors (Lipinski definition) is 1. The zero-order valence-electron chi connectivity index (χ0n) is 16.7. The Bertz CT molecular complexity index is 942. The van der Waals surface area contributed by atoms with E-state index in [4.69, 9.17) is 0 Å². The zero-order chi connectivity index (χ0) is 20.8. The monoisotopic (exact) mass is 404 g/mol. The molecule has 0 spiro atoms. The molecule has 1 amide bonds. The normalized spacial score (nSPS) is 16.2. The standard InChI is InChI=1S/C24H25FN4O/c25-21-6-8-22(9-7-21)27-24(30)23(20-4-2-1-3-5-20)29-16-14-28(15-17-29)18-19-10-12-26-13-11-19/h1-13,23H,14-18H2,(H,27,30). The van der Waals surface area contributed by atoms with Crippen LogP contribution in [0.25, 0.3) is 0 Å². The highest BCUT2D eigenvalue weighted by atomic mass is 19.1. The molecule has 2 aromatic carbocycles. The van der Waals surface area contributed by atoms with Crippen molar-refractivity contribution in [2.24, 2.45) is 0 Å². The SMILES string of the molecule is O=C(Nc1ccc(F)cc1)C(c1ccccc1)N1CCN(Cc2ccncc2)CC1. The van der Waals surface area contributed by atoms with Crippen molar-refractivity contribution in [3.05, 3.63) is 96.1 Å². The minimum absolute atomic E-state index is 0.101. The third-order valence-corrected chi connectivity index (χ3v) is 5.40. The number of benzene rings is 2. The van der Waals surface area contributed by atoms with Crippen LogP contribution in [0.4, 0.5) is 10.1 Å². The second-order valence-electron chi connectivity index (χ2n) is 7.48. The maximum absolute atomic E-state index is 13.2. The average molecular weight is 404 g/mol. The Labute approximate surface area is 176 Å². The van der Waals surface area contributed by atoms with Crippen molar-refractivity contribution < 1.29 is 9.18 Å². The van der Waals surface area contributed by atoms with Gasteiger partial charge >= 0.3 is 0 Å². The summed E-state index contributed by atoms with van der Waals surface area (Å²) in [6, 6.07) is 19.4. The maximum Gasteiger partial charge on any atom is 0.246 e. The Kier molecular flexibility index (Phi) is 6.47. The van der Waals surface area contributed by atoms with Crippen LogP contribution in [0.15, 0.2) is 79.1 Å². The molecular formula is C24H25FN4O. The maximum atomic E-state index is 13.2. The third kappa shape index (κ3) is 5.09. The van der Waals surface area contributed by atoms with Crippen LogP contribution in [-0.2, 0) is 11.3 Å². The Morgan fingerprint density at radius 3 is 2.27 bits per heavy atom. The number of halogens is 1. The molecule has 1 fully saturated rings. The molecule has 0 saturated carbocycles. The smallest absolute Gasteiger partial charge is 0.246 e. The van der Waals surface area contributed by atoms with Crippen LogP contribution in [-0.4, -0.2) is 46.9 Å². The van der Waals surface area contributed by atoms with E-state index in [-0.39, 0.29) is 17.8 Å². The number of amides is 1. The summed E-state index contributed by atoms with van der Waals surface area (Å²) >= 11 is 0. The minimum Gasteiger partial charge on any atom is -0.324 e. The first-order chi connectivity index (χ1) is 14.7. The minimum atomic E-state index is -0.390. The first-order valence-electron chi connectivity index (χ1n) is 10.2. The van der Waals surface area contributed by atoms with Gasteiger partial charge in [0.05, 0.1) is 0 Å². The molecule has 0 bridgehead atoms. The molecule has 1 N–H and O–H groups in total. The van der Waals surface area contributed by atoms with Crippen molar-refractivity contribution >= 4 is 11.6 Å². The summed E-state index contributed by atoms with van der Waals surface area (Å²) in [5.74, 6) is -0.423. The lowest BCUT2D eigenvalue weighted by atomic mass is 10.0. The van der Waals surface area contributed by atoms with Gasteiger partial charge in [-0.2, -0.15) is 0 Å². The van der Waals surface area contributed by atoms with Gasteiger partial charge in [0.15, 0.2) is 0 Å². The van der Waals surface area contributed by atoms with E-state index in [1.807, 2.05) is 54.9 Å². The molecule has 1 atom stereocenters. The molecule has 1 unspecified atom stereocenters. The summed E-state index contributed by atoms with van der Waals surface area (Å²) in [4.78, 5) is 21.9. The van der Waals surface area contributed by atoms with Crippen molar-refractivity contribution in [3.63, 3.8) is 0 Å². The fourth-order valence-electron chi connectivity index (χ4n) is 3.83. The molecule has 6 heteroatoms. The van der Waals surface area contributed by atoms with Crippen molar-refractivity contribution in [1.29, 1.82) is 0 Å². The van der Waals surface area contributed by atoms with Gasteiger partial charge in [-0.25, -0.2) is 4.39 Å². The number of pyridine rings is 1. The molecule has 1 aliphatic heterocycles. The Morgan fingerprint density at radius 1 is 0.933 bits per heavy atom. The van der Waals surface area contributed by atoms with Crippen LogP contribution in [0.5, 0.6) is 0 Å². The summed E-state index contributed by atoms with van der Waals surface area (Å²) in [5, 5.41) is 2.95. The van der Waals surface area contributed by atoms with Crippen LogP contribution >= 0.6 is 0 Å². The fraction of sp³-hybridized carbons (Fsp3) is 0.250. The second kappa shape index (κ2) is 9.61. The van der Waals surface area contributed by atoms with E-state index < -0.39 is 0 Å². The van der Waals surface area contributed by atoms with Crippen LogP contribution in [0, 0.1) is 5.82 Å². The van der Waals surface area contributed by atoms with Gasteiger partial charge < -0.3 is 5.32 Å². The lowest BCUT2D eigenvalue weighted by molar-refractivity contribution is -0.122. The molecule has 154 valence electrons. The topological polar surface area (TPSA) is 48.5 Å². The zero-order valence-corrected chi connectivity index (χ0v) is 16.7. The molecule has 4 rings (SSSR count). The van der Waals surface area contributed by atoms with E-state index in [0.29, 0.717) is 5.69 Å². The summed E-state index contributed by atoms with van der Waals surface area (Å²) < 4.78 is 13.2. The molecule has 3 aromatic rings. The third-order valence-electron chi connectivity index (χ3n) is 5.40. The molecule has 2 heterocycles. The van der Waals surface area contributed by atoms with Crippen molar-refractivity contribution in [2.75, 3.05) is 31.5 Å². The quantitative estimate of drug-likeness (QED) is 0.680. The van der Waals surface area contributed by atoms with E-state index in [9.17, 15) is 9.18 Å². The highest BCUT2D eigenvalue weighted by molar-refractivity contribution is 5.95. The number of carbonyl (C=O) groups is 1. The highest BCUT2D eigenvalue weighted by Gasteiger charge is 2.30. The fourth-order valence-corrected chi connectivity index (χ4v) is 3.83. The number of rotatable bonds is 6. The van der Waals surface area contributed by atoms with E-state index in [0.717, 1.165) is 38.3 Å². The lowest BCUT2D eigenvalue weighted by Crippen LogP contribution is -2.49. The second-order valence-corrected chi connectivity index (χ2v) is 7.48. The van der Waals surface area contributed by atoms with E-state index in [2.05, 4.69) is 20.1 Å². The summed E-state index contributed by atoms with van der Waals surface area (Å²) in [6.45, 7) is 4.24. The van der Waals surface area contributed by atoms with Crippen LogP contribution in [0.1, 0.15) is 17.2 Å². The van der Waals surface area contributed by atoms with Crippen LogP contribution in [0.3, 0.4) is 0 Å². The highest BCUT2D eigenvalue weighted by Crippen LogP contribution is 2.25. The Balaban J connectivity index is 1.45. The van der Waals surface area contributed by atoms with Crippen molar-refractivity contribution in [3.8, 4) is 0 Å². The Morgan fingerprint density at radius 2 is 1.60 bits per heavy atom. The lowest BCUT2D eigenvalue weighted by Gasteiger charge is -2.38. The number of piperazine rings is 1. The number of hydrogen-bond acceptors (Lipinski definition) is 4. The molecule has 1 aliphatic rings.